The SMILES string of the molecule is [2H][C@]1(n2c(C)nc3cc([N+]#[C-])cc(N)c3c2=O)CCC(=O)CC1=O. The van der Waals surface area contributed by atoms with E-state index in [1.807, 2.05) is 0 Å². The number of nitrogen functional groups attached to an aromatic ring is 1. The second-order valence-electron chi connectivity index (χ2n) is 5.43. The summed E-state index contributed by atoms with van der Waals surface area (Å²) < 4.78 is 9.51. The summed E-state index contributed by atoms with van der Waals surface area (Å²) in [5, 5.41) is 0.0734. The van der Waals surface area contributed by atoms with E-state index in [1.54, 1.807) is 0 Å². The van der Waals surface area contributed by atoms with Gasteiger partial charge < -0.3 is 5.73 Å². The Morgan fingerprint density at radius 2 is 2.17 bits per heavy atom. The Bertz CT molecular complexity index is 1010. The third-order valence-electron chi connectivity index (χ3n) is 3.87. The monoisotopic (exact) mass is 311 g/mol. The Labute approximate surface area is 133 Å². The molecule has 1 fully saturated rings. The highest BCUT2D eigenvalue weighted by Crippen LogP contribution is 2.27. The second-order valence-corrected chi connectivity index (χ2v) is 5.43. The number of benzene rings is 1. The van der Waals surface area contributed by atoms with Crippen LogP contribution in [0.5, 0.6) is 0 Å². The molecule has 0 spiro atoms. The number of nitrogens with two attached hydrogens (primary N) is 1. The van der Waals surface area contributed by atoms with E-state index in [1.165, 1.54) is 19.1 Å². The molecular formula is C16H14N4O3. The number of carbonyl (C=O) groups excluding carboxylic acids is 2. The van der Waals surface area contributed by atoms with Crippen LogP contribution in [0.3, 0.4) is 0 Å². The van der Waals surface area contributed by atoms with Gasteiger partial charge in [0.15, 0.2) is 11.5 Å². The molecule has 1 saturated carbocycles. The maximum atomic E-state index is 12.9. The first-order chi connectivity index (χ1) is 11.3. The molecule has 116 valence electrons. The van der Waals surface area contributed by atoms with Crippen molar-refractivity contribution in [3.8, 4) is 0 Å². The first kappa shape index (κ1) is 13.6. The van der Waals surface area contributed by atoms with E-state index >= 15 is 0 Å². The van der Waals surface area contributed by atoms with Crippen molar-refractivity contribution in [2.45, 2.75) is 32.2 Å². The van der Waals surface area contributed by atoms with E-state index in [0.717, 1.165) is 4.57 Å². The fourth-order valence-corrected chi connectivity index (χ4v) is 2.82. The Kier molecular flexibility index (Phi) is 3.15. The molecule has 1 aliphatic rings. The lowest BCUT2D eigenvalue weighted by Crippen LogP contribution is -2.36. The number of Topliss-reactive ketones (excluding diaryl/α,β-unsaturated/α-hetero) is 2. The van der Waals surface area contributed by atoms with Gasteiger partial charge in [0.25, 0.3) is 5.56 Å². The lowest BCUT2D eigenvalue weighted by molar-refractivity contribution is -0.132. The van der Waals surface area contributed by atoms with Crippen LogP contribution in [0.25, 0.3) is 15.7 Å². The Hall–Kier alpha value is -3.01. The summed E-state index contributed by atoms with van der Waals surface area (Å²) in [5.74, 6) is -0.684. The van der Waals surface area contributed by atoms with Crippen LogP contribution in [0, 0.1) is 13.5 Å². The zero-order chi connectivity index (χ0) is 17.6. The van der Waals surface area contributed by atoms with E-state index in [0.29, 0.717) is 0 Å². The summed E-state index contributed by atoms with van der Waals surface area (Å²) in [7, 11) is 0. The fourth-order valence-electron chi connectivity index (χ4n) is 2.82. The summed E-state index contributed by atoms with van der Waals surface area (Å²) in [6, 6.07) is 0.947. The normalized spacial score (nSPS) is 22.0. The van der Waals surface area contributed by atoms with Crippen molar-refractivity contribution >= 4 is 33.8 Å². The van der Waals surface area contributed by atoms with E-state index in [-0.39, 0.29) is 53.1 Å². The van der Waals surface area contributed by atoms with Gasteiger partial charge in [0.05, 0.1) is 31.3 Å². The fraction of sp³-hybridized carbons (Fsp3) is 0.312. The topological polar surface area (TPSA) is 99.4 Å². The zero-order valence-electron chi connectivity index (χ0n) is 13.4. The predicted octanol–water partition coefficient (Wildman–Crippen LogP) is 1.70. The van der Waals surface area contributed by atoms with Gasteiger partial charge in [-0.05, 0) is 25.5 Å². The first-order valence-electron chi connectivity index (χ1n) is 7.54. The van der Waals surface area contributed by atoms with Crippen molar-refractivity contribution in [1.82, 2.24) is 9.55 Å². The highest BCUT2D eigenvalue weighted by molar-refractivity contribution is 6.03. The molecule has 1 aromatic carbocycles. The van der Waals surface area contributed by atoms with Gasteiger partial charge in [-0.3, -0.25) is 19.0 Å². The lowest BCUT2D eigenvalue weighted by atomic mass is 9.92. The van der Waals surface area contributed by atoms with Gasteiger partial charge in [-0.15, -0.1) is 0 Å². The third-order valence-corrected chi connectivity index (χ3v) is 3.87. The minimum atomic E-state index is -1.86. The van der Waals surface area contributed by atoms with Crippen LogP contribution in [-0.4, -0.2) is 21.1 Å². The summed E-state index contributed by atoms with van der Waals surface area (Å²) in [6.07, 6.45) is -0.372. The number of rotatable bonds is 1. The van der Waals surface area contributed by atoms with Crippen molar-refractivity contribution in [3.05, 3.63) is 39.7 Å². The van der Waals surface area contributed by atoms with Crippen LogP contribution in [-0.2, 0) is 9.59 Å². The predicted molar refractivity (Wildman–Crippen MR) is 84.3 cm³/mol. The number of nitrogens with zero attached hydrogens (tertiary/aromatic N) is 3. The maximum Gasteiger partial charge on any atom is 0.264 e. The van der Waals surface area contributed by atoms with E-state index < -0.39 is 17.4 Å². The number of carbonyl (C=O) groups is 2. The summed E-state index contributed by atoms with van der Waals surface area (Å²) >= 11 is 0. The van der Waals surface area contributed by atoms with Gasteiger partial charge in [-0.2, -0.15) is 0 Å². The number of aryl methyl sites for hydroxylation is 1. The van der Waals surface area contributed by atoms with Crippen LogP contribution in [0.15, 0.2) is 16.9 Å². The molecule has 1 heterocycles. The summed E-state index contributed by atoms with van der Waals surface area (Å²) in [6.45, 7) is 8.57. The highest BCUT2D eigenvalue weighted by Gasteiger charge is 2.30. The van der Waals surface area contributed by atoms with Crippen molar-refractivity contribution < 1.29 is 11.0 Å². The lowest BCUT2D eigenvalue weighted by Gasteiger charge is -2.24. The van der Waals surface area contributed by atoms with E-state index in [9.17, 15) is 14.4 Å². The molecule has 0 saturated heterocycles. The molecule has 0 aliphatic heterocycles. The van der Waals surface area contributed by atoms with Crippen molar-refractivity contribution in [2.24, 2.45) is 0 Å². The average Bonchev–Trinajstić information content (AvgIpc) is 2.50. The number of fused-ring (bicyclic) bond motifs is 1. The van der Waals surface area contributed by atoms with Crippen LogP contribution in [0.4, 0.5) is 11.4 Å². The Morgan fingerprint density at radius 3 is 2.83 bits per heavy atom. The highest BCUT2D eigenvalue weighted by atomic mass is 16.2. The summed E-state index contributed by atoms with van der Waals surface area (Å²) in [5.41, 5.74) is 5.86. The molecular weight excluding hydrogens is 296 g/mol. The van der Waals surface area contributed by atoms with Gasteiger partial charge in [0.2, 0.25) is 0 Å². The third kappa shape index (κ3) is 2.38. The number of hydrogen-bond acceptors (Lipinski definition) is 5. The number of aromatic nitrogens is 2. The molecule has 7 heteroatoms. The molecule has 0 radical (unpaired) electrons. The smallest absolute Gasteiger partial charge is 0.264 e. The van der Waals surface area contributed by atoms with Gasteiger partial charge >= 0.3 is 0 Å². The van der Waals surface area contributed by atoms with Crippen molar-refractivity contribution in [2.75, 3.05) is 5.73 Å². The van der Waals surface area contributed by atoms with Crippen molar-refractivity contribution in [3.63, 3.8) is 0 Å². The molecule has 1 aromatic heterocycles. The number of anilines is 1. The molecule has 7 nitrogen and oxygen atoms in total. The van der Waals surface area contributed by atoms with Crippen LogP contribution >= 0.6 is 0 Å². The quantitative estimate of drug-likeness (QED) is 0.491. The van der Waals surface area contributed by atoms with Gasteiger partial charge in [-0.25, -0.2) is 9.83 Å². The minimum Gasteiger partial charge on any atom is -0.399 e. The van der Waals surface area contributed by atoms with Gasteiger partial charge in [-0.1, -0.05) is 0 Å². The van der Waals surface area contributed by atoms with E-state index in [2.05, 4.69) is 9.83 Å². The molecule has 0 bridgehead atoms. The number of ketones is 2. The molecule has 2 N–H and O–H groups in total. The molecule has 1 atom stereocenters. The van der Waals surface area contributed by atoms with Crippen LogP contribution < -0.4 is 11.3 Å². The minimum absolute atomic E-state index is 0.0608. The molecule has 2 aromatic rings. The van der Waals surface area contributed by atoms with Gasteiger partial charge in [0.1, 0.15) is 11.6 Å². The van der Waals surface area contributed by atoms with Gasteiger partial charge in [0, 0.05) is 12.1 Å². The summed E-state index contributed by atoms with van der Waals surface area (Å²) in [4.78, 5) is 44.2. The standard InChI is InChI=1S/C16H14N4O3/c1-8-19-12-6-9(18-2)5-11(17)15(12)16(23)20(8)13-4-3-10(21)7-14(13)22/h5-6,13H,3-4,7,17H2,1H3/t13-/m0/s1/i13D. The van der Waals surface area contributed by atoms with Crippen LogP contribution in [0.1, 0.15) is 32.5 Å². The number of hydrogen-bond donors (Lipinski definition) is 1. The Balaban J connectivity index is 2.33. The molecule has 0 amide bonds. The Morgan fingerprint density at radius 1 is 1.43 bits per heavy atom. The maximum absolute atomic E-state index is 12.9. The second kappa shape index (κ2) is 5.32. The molecule has 3 rings (SSSR count). The average molecular weight is 311 g/mol. The molecule has 0 unspecified atom stereocenters. The molecule has 1 aliphatic carbocycles. The first-order valence-corrected chi connectivity index (χ1v) is 7.04. The van der Waals surface area contributed by atoms with Crippen LogP contribution in [0.2, 0.25) is 0 Å². The largest absolute Gasteiger partial charge is 0.399 e. The van der Waals surface area contributed by atoms with E-state index in [4.69, 9.17) is 13.7 Å². The zero-order valence-corrected chi connectivity index (χ0v) is 12.4. The van der Waals surface area contributed by atoms with Crippen molar-refractivity contribution in [1.29, 1.82) is 0 Å². The molecule has 23 heavy (non-hydrogen) atoms.